The fourth-order valence-corrected chi connectivity index (χ4v) is 2.94. The summed E-state index contributed by atoms with van der Waals surface area (Å²) in [5.74, 6) is 0. The van der Waals surface area contributed by atoms with Crippen LogP contribution in [0.1, 0.15) is 24.1 Å². The van der Waals surface area contributed by atoms with E-state index in [4.69, 9.17) is 0 Å². The van der Waals surface area contributed by atoms with E-state index in [9.17, 15) is 4.79 Å². The Morgan fingerprint density at radius 3 is 2.84 bits per heavy atom. The van der Waals surface area contributed by atoms with Crippen LogP contribution in [0, 0.1) is 6.92 Å². The zero-order valence-electron chi connectivity index (χ0n) is 11.2. The molecule has 1 aliphatic rings. The Labute approximate surface area is 112 Å². The summed E-state index contributed by atoms with van der Waals surface area (Å²) in [4.78, 5) is 14.7. The Balaban J connectivity index is 1.95. The number of hydrogen-bond donors (Lipinski definition) is 2. The lowest BCUT2D eigenvalue weighted by Crippen LogP contribution is -2.32. The van der Waals surface area contributed by atoms with E-state index in [2.05, 4.69) is 40.2 Å². The SMILES string of the molecule is COC(=O)NCC1(c2c(C)[nH]c3ccccc23)CC1. The van der Waals surface area contributed by atoms with Crippen molar-refractivity contribution in [3.05, 3.63) is 35.5 Å². The molecule has 3 rings (SSSR count). The van der Waals surface area contributed by atoms with Crippen LogP contribution in [0.25, 0.3) is 10.9 Å². The molecule has 0 aliphatic heterocycles. The van der Waals surface area contributed by atoms with Crippen LogP contribution in [-0.4, -0.2) is 24.7 Å². The third kappa shape index (κ3) is 1.97. The van der Waals surface area contributed by atoms with Crippen molar-refractivity contribution in [2.24, 2.45) is 0 Å². The van der Waals surface area contributed by atoms with Gasteiger partial charge >= 0.3 is 6.09 Å². The summed E-state index contributed by atoms with van der Waals surface area (Å²) in [5, 5.41) is 4.11. The summed E-state index contributed by atoms with van der Waals surface area (Å²) in [6.07, 6.45) is 1.86. The van der Waals surface area contributed by atoms with Crippen LogP contribution in [0.15, 0.2) is 24.3 Å². The van der Waals surface area contributed by atoms with Gasteiger partial charge in [0.1, 0.15) is 0 Å². The molecule has 4 heteroatoms. The number of alkyl carbamates (subject to hydrolysis) is 1. The van der Waals surface area contributed by atoms with Crippen LogP contribution in [-0.2, 0) is 10.2 Å². The van der Waals surface area contributed by atoms with Gasteiger partial charge in [-0.1, -0.05) is 18.2 Å². The second kappa shape index (κ2) is 4.30. The van der Waals surface area contributed by atoms with Crippen LogP contribution in [0.3, 0.4) is 0 Å². The van der Waals surface area contributed by atoms with Crippen molar-refractivity contribution in [2.75, 3.05) is 13.7 Å². The summed E-state index contributed by atoms with van der Waals surface area (Å²) in [6.45, 7) is 2.75. The molecule has 0 unspecified atom stereocenters. The number of amides is 1. The zero-order chi connectivity index (χ0) is 13.5. The predicted octanol–water partition coefficient (Wildman–Crippen LogP) is 2.86. The number of para-hydroxylation sites is 1. The summed E-state index contributed by atoms with van der Waals surface area (Å²) in [6, 6.07) is 8.33. The molecule has 0 spiro atoms. The first-order chi connectivity index (χ1) is 9.16. The first-order valence-corrected chi connectivity index (χ1v) is 6.56. The number of aromatic nitrogens is 1. The van der Waals surface area contributed by atoms with Gasteiger partial charge in [-0.05, 0) is 31.4 Å². The average Bonchev–Trinajstić information content (AvgIpc) is 3.11. The van der Waals surface area contributed by atoms with Gasteiger partial charge in [-0.15, -0.1) is 0 Å². The van der Waals surface area contributed by atoms with Crippen molar-refractivity contribution in [3.63, 3.8) is 0 Å². The van der Waals surface area contributed by atoms with Crippen LogP contribution in [0.2, 0.25) is 0 Å². The number of nitrogens with one attached hydrogen (secondary N) is 2. The molecule has 2 aromatic rings. The first-order valence-electron chi connectivity index (χ1n) is 6.56. The fourth-order valence-electron chi connectivity index (χ4n) is 2.94. The van der Waals surface area contributed by atoms with Crippen molar-refractivity contribution in [1.82, 2.24) is 10.3 Å². The van der Waals surface area contributed by atoms with E-state index in [1.165, 1.54) is 29.3 Å². The molecule has 0 bridgehead atoms. The molecule has 0 atom stereocenters. The summed E-state index contributed by atoms with van der Waals surface area (Å²) in [5.41, 5.74) is 3.79. The molecule has 1 aromatic heterocycles. The standard InChI is InChI=1S/C15H18N2O2/c1-10-13(11-5-3-4-6-12(11)17-10)15(7-8-15)9-16-14(18)19-2/h3-6,17H,7-9H2,1-2H3,(H,16,18). The third-order valence-corrected chi connectivity index (χ3v) is 4.03. The number of aryl methyl sites for hydroxylation is 1. The highest BCUT2D eigenvalue weighted by atomic mass is 16.5. The van der Waals surface area contributed by atoms with E-state index in [0.29, 0.717) is 6.54 Å². The molecule has 0 radical (unpaired) electrons. The maximum atomic E-state index is 11.3. The van der Waals surface area contributed by atoms with Gasteiger partial charge in [0.15, 0.2) is 0 Å². The van der Waals surface area contributed by atoms with Crippen molar-refractivity contribution in [3.8, 4) is 0 Å². The number of fused-ring (bicyclic) bond motifs is 1. The molecule has 1 aliphatic carbocycles. The monoisotopic (exact) mass is 258 g/mol. The van der Waals surface area contributed by atoms with E-state index in [0.717, 1.165) is 12.8 Å². The van der Waals surface area contributed by atoms with Gasteiger partial charge in [0.2, 0.25) is 0 Å². The summed E-state index contributed by atoms with van der Waals surface area (Å²) >= 11 is 0. The van der Waals surface area contributed by atoms with E-state index in [1.54, 1.807) is 0 Å². The molecule has 4 nitrogen and oxygen atoms in total. The molecular weight excluding hydrogens is 240 g/mol. The topological polar surface area (TPSA) is 54.1 Å². The minimum atomic E-state index is -0.358. The zero-order valence-corrected chi connectivity index (χ0v) is 11.2. The van der Waals surface area contributed by atoms with Crippen LogP contribution in [0.5, 0.6) is 0 Å². The number of benzene rings is 1. The van der Waals surface area contributed by atoms with Gasteiger partial charge in [-0.25, -0.2) is 4.79 Å². The summed E-state index contributed by atoms with van der Waals surface area (Å²) in [7, 11) is 1.39. The van der Waals surface area contributed by atoms with Crippen molar-refractivity contribution in [2.45, 2.75) is 25.2 Å². The lowest BCUT2D eigenvalue weighted by atomic mass is 9.93. The highest BCUT2D eigenvalue weighted by molar-refractivity contribution is 5.86. The lowest BCUT2D eigenvalue weighted by molar-refractivity contribution is 0.170. The molecular formula is C15H18N2O2. The largest absolute Gasteiger partial charge is 0.453 e. The quantitative estimate of drug-likeness (QED) is 0.889. The molecule has 1 heterocycles. The molecule has 1 fully saturated rings. The average molecular weight is 258 g/mol. The minimum Gasteiger partial charge on any atom is -0.453 e. The Morgan fingerprint density at radius 1 is 1.42 bits per heavy atom. The van der Waals surface area contributed by atoms with E-state index < -0.39 is 0 Å². The van der Waals surface area contributed by atoms with Gasteiger partial charge < -0.3 is 15.0 Å². The fraction of sp³-hybridized carbons (Fsp3) is 0.400. The summed E-state index contributed by atoms with van der Waals surface area (Å²) < 4.78 is 4.65. The number of hydrogen-bond acceptors (Lipinski definition) is 2. The highest BCUT2D eigenvalue weighted by Gasteiger charge is 2.46. The number of carbonyl (C=O) groups is 1. The van der Waals surface area contributed by atoms with Gasteiger partial charge in [0.05, 0.1) is 7.11 Å². The highest BCUT2D eigenvalue weighted by Crippen LogP contribution is 2.51. The maximum absolute atomic E-state index is 11.3. The number of carbonyl (C=O) groups excluding carboxylic acids is 1. The number of rotatable bonds is 3. The molecule has 2 N–H and O–H groups in total. The van der Waals surface area contributed by atoms with Crippen LogP contribution < -0.4 is 5.32 Å². The van der Waals surface area contributed by atoms with Gasteiger partial charge in [-0.2, -0.15) is 0 Å². The molecule has 19 heavy (non-hydrogen) atoms. The first kappa shape index (κ1) is 12.1. The normalized spacial score (nSPS) is 16.3. The lowest BCUT2D eigenvalue weighted by Gasteiger charge is -2.16. The van der Waals surface area contributed by atoms with Crippen LogP contribution in [0.4, 0.5) is 4.79 Å². The van der Waals surface area contributed by atoms with E-state index in [-0.39, 0.29) is 11.5 Å². The van der Waals surface area contributed by atoms with Crippen LogP contribution >= 0.6 is 0 Å². The smallest absolute Gasteiger partial charge is 0.406 e. The van der Waals surface area contributed by atoms with Crippen molar-refractivity contribution < 1.29 is 9.53 Å². The van der Waals surface area contributed by atoms with Gasteiger partial charge in [-0.3, -0.25) is 0 Å². The Bertz CT molecular complexity index is 626. The molecule has 1 amide bonds. The van der Waals surface area contributed by atoms with Gasteiger partial charge in [0.25, 0.3) is 0 Å². The molecule has 0 saturated heterocycles. The second-order valence-corrected chi connectivity index (χ2v) is 5.30. The van der Waals surface area contributed by atoms with E-state index >= 15 is 0 Å². The molecule has 1 aromatic carbocycles. The Kier molecular flexibility index (Phi) is 2.73. The van der Waals surface area contributed by atoms with Crippen molar-refractivity contribution >= 4 is 17.0 Å². The minimum absolute atomic E-state index is 0.0812. The predicted molar refractivity (Wildman–Crippen MR) is 74.4 cm³/mol. The molecule has 100 valence electrons. The number of methoxy groups -OCH3 is 1. The third-order valence-electron chi connectivity index (χ3n) is 4.03. The van der Waals surface area contributed by atoms with Crippen molar-refractivity contribution in [1.29, 1.82) is 0 Å². The maximum Gasteiger partial charge on any atom is 0.406 e. The molecule has 1 saturated carbocycles. The van der Waals surface area contributed by atoms with E-state index in [1.807, 2.05) is 6.07 Å². The Hall–Kier alpha value is -1.97. The number of aromatic amines is 1. The van der Waals surface area contributed by atoms with Gasteiger partial charge in [0, 0.05) is 28.6 Å². The number of ether oxygens (including phenoxy) is 1. The number of H-pyrrole nitrogens is 1. The Morgan fingerprint density at radius 2 is 2.16 bits per heavy atom. The second-order valence-electron chi connectivity index (χ2n) is 5.30.